The van der Waals surface area contributed by atoms with Gasteiger partial charge in [0.1, 0.15) is 5.76 Å². The van der Waals surface area contributed by atoms with Crippen LogP contribution in [0.15, 0.2) is 4.42 Å². The van der Waals surface area contributed by atoms with Crippen molar-refractivity contribution in [1.29, 1.82) is 0 Å². The number of rotatable bonds is 0. The summed E-state index contributed by atoms with van der Waals surface area (Å²) in [6.07, 6.45) is 11.5. The molecule has 2 heterocycles. The molecule has 84 valence electrons. The van der Waals surface area contributed by atoms with Crippen molar-refractivity contribution in [3.8, 4) is 0 Å². The van der Waals surface area contributed by atoms with Crippen LogP contribution in [0.4, 0.5) is 0 Å². The van der Waals surface area contributed by atoms with Crippen LogP contribution in [0.5, 0.6) is 0 Å². The van der Waals surface area contributed by atoms with Crippen LogP contribution < -0.4 is 0 Å². The molecule has 1 aromatic heterocycles. The molecule has 0 spiro atoms. The summed E-state index contributed by atoms with van der Waals surface area (Å²) in [6.45, 7) is 2.07. The van der Waals surface area contributed by atoms with E-state index in [2.05, 4.69) is 11.9 Å². The number of hydrogen-bond donors (Lipinski definition) is 0. The molecule has 0 N–H and O–H groups in total. The molecule has 0 fully saturated rings. The highest BCUT2D eigenvalue weighted by Gasteiger charge is 2.09. The summed E-state index contributed by atoms with van der Waals surface area (Å²) in [5.41, 5.74) is 1.12. The van der Waals surface area contributed by atoms with Gasteiger partial charge in [-0.3, -0.25) is 0 Å². The molecule has 2 heteroatoms. The Bertz CT molecular complexity index is 303. The number of oxazole rings is 1. The summed E-state index contributed by atoms with van der Waals surface area (Å²) >= 11 is 0. The molecule has 1 aromatic rings. The minimum atomic E-state index is 0.961. The molecule has 0 aromatic carbocycles. The van der Waals surface area contributed by atoms with Gasteiger partial charge in [0.2, 0.25) is 0 Å². The largest absolute Gasteiger partial charge is 0.445 e. The molecule has 1 aliphatic heterocycles. The Labute approximate surface area is 92.1 Å². The quantitative estimate of drug-likeness (QED) is 0.646. The molecule has 15 heavy (non-hydrogen) atoms. The summed E-state index contributed by atoms with van der Waals surface area (Å²) in [7, 11) is 0. The van der Waals surface area contributed by atoms with E-state index >= 15 is 0 Å². The SMILES string of the molecule is Cc1nc2oc1CCCCCCCCC2. The molecular formula is C13H21NO. The summed E-state index contributed by atoms with van der Waals surface area (Å²) in [5, 5.41) is 0. The molecule has 0 amide bonds. The van der Waals surface area contributed by atoms with Crippen LogP contribution in [0, 0.1) is 6.92 Å². The van der Waals surface area contributed by atoms with E-state index in [1.54, 1.807) is 0 Å². The molecule has 2 rings (SSSR count). The van der Waals surface area contributed by atoms with Crippen LogP contribution in [-0.2, 0) is 12.8 Å². The zero-order valence-electron chi connectivity index (χ0n) is 9.72. The van der Waals surface area contributed by atoms with E-state index in [0.717, 1.165) is 30.2 Å². The van der Waals surface area contributed by atoms with Crippen molar-refractivity contribution < 1.29 is 4.42 Å². The van der Waals surface area contributed by atoms with Crippen LogP contribution in [-0.4, -0.2) is 4.98 Å². The molecular weight excluding hydrogens is 186 g/mol. The second-order valence-corrected chi connectivity index (χ2v) is 4.59. The maximum Gasteiger partial charge on any atom is 0.194 e. The number of aromatic nitrogens is 1. The molecule has 1 aliphatic rings. The van der Waals surface area contributed by atoms with Gasteiger partial charge in [-0.2, -0.15) is 0 Å². The standard InChI is InChI=1S/C13H21NO/c1-11-12-9-7-5-3-2-4-6-8-10-13(14-11)15-12/h2-10H2,1H3. The van der Waals surface area contributed by atoms with Crippen molar-refractivity contribution in [2.24, 2.45) is 0 Å². The van der Waals surface area contributed by atoms with Gasteiger partial charge in [0.05, 0.1) is 5.69 Å². The lowest BCUT2D eigenvalue weighted by Crippen LogP contribution is -1.88. The highest BCUT2D eigenvalue weighted by molar-refractivity contribution is 5.08. The third-order valence-electron chi connectivity index (χ3n) is 3.23. The Balaban J connectivity index is 2.02. The van der Waals surface area contributed by atoms with Crippen LogP contribution in [0.2, 0.25) is 0 Å². The van der Waals surface area contributed by atoms with E-state index in [9.17, 15) is 0 Å². The molecule has 0 radical (unpaired) electrons. The minimum absolute atomic E-state index is 0.961. The first-order valence-electron chi connectivity index (χ1n) is 6.31. The van der Waals surface area contributed by atoms with Gasteiger partial charge in [0.15, 0.2) is 5.89 Å². The first-order chi connectivity index (χ1) is 7.36. The fraction of sp³-hybridized carbons (Fsp3) is 0.769. The predicted octanol–water partition coefficient (Wildman–Crippen LogP) is 3.81. The zero-order chi connectivity index (χ0) is 10.5. The topological polar surface area (TPSA) is 26.0 Å². The van der Waals surface area contributed by atoms with Gasteiger partial charge < -0.3 is 4.42 Å². The van der Waals surface area contributed by atoms with E-state index in [1.807, 2.05) is 0 Å². The summed E-state index contributed by atoms with van der Waals surface area (Å²) < 4.78 is 5.78. The van der Waals surface area contributed by atoms with Crippen molar-refractivity contribution >= 4 is 0 Å². The number of fused-ring (bicyclic) bond motifs is 2. The van der Waals surface area contributed by atoms with Crippen molar-refractivity contribution in [2.45, 2.75) is 64.7 Å². The monoisotopic (exact) mass is 207 g/mol. The Hall–Kier alpha value is -0.790. The molecule has 2 bridgehead atoms. The van der Waals surface area contributed by atoms with E-state index < -0.39 is 0 Å². The van der Waals surface area contributed by atoms with Crippen LogP contribution in [0.1, 0.15) is 62.3 Å². The Morgan fingerprint density at radius 3 is 2.20 bits per heavy atom. The van der Waals surface area contributed by atoms with Crippen molar-refractivity contribution in [3.05, 3.63) is 17.3 Å². The lowest BCUT2D eigenvalue weighted by molar-refractivity contribution is 0.428. The molecule has 0 aliphatic carbocycles. The van der Waals surface area contributed by atoms with Crippen molar-refractivity contribution in [2.75, 3.05) is 0 Å². The highest BCUT2D eigenvalue weighted by Crippen LogP contribution is 2.18. The maximum absolute atomic E-state index is 5.78. The molecule has 0 saturated heterocycles. The van der Waals surface area contributed by atoms with Gasteiger partial charge in [-0.25, -0.2) is 4.98 Å². The Kier molecular flexibility index (Phi) is 3.81. The summed E-state index contributed by atoms with van der Waals surface area (Å²) in [4.78, 5) is 4.49. The lowest BCUT2D eigenvalue weighted by atomic mass is 10.1. The molecule has 2 nitrogen and oxygen atoms in total. The average molecular weight is 207 g/mol. The third kappa shape index (κ3) is 3.08. The van der Waals surface area contributed by atoms with Crippen molar-refractivity contribution in [1.82, 2.24) is 4.98 Å². The van der Waals surface area contributed by atoms with E-state index in [1.165, 1.54) is 44.9 Å². The number of aryl methyl sites for hydroxylation is 3. The normalized spacial score (nSPS) is 19.3. The van der Waals surface area contributed by atoms with Gasteiger partial charge in [0, 0.05) is 12.8 Å². The maximum atomic E-state index is 5.78. The van der Waals surface area contributed by atoms with Crippen LogP contribution in [0.25, 0.3) is 0 Å². The molecule has 0 unspecified atom stereocenters. The van der Waals surface area contributed by atoms with E-state index in [-0.39, 0.29) is 0 Å². The zero-order valence-corrected chi connectivity index (χ0v) is 9.72. The second kappa shape index (κ2) is 5.34. The number of hydrogen-bond acceptors (Lipinski definition) is 2. The van der Waals surface area contributed by atoms with Crippen LogP contribution in [0.3, 0.4) is 0 Å². The van der Waals surface area contributed by atoms with E-state index in [4.69, 9.17) is 4.42 Å². The third-order valence-corrected chi connectivity index (χ3v) is 3.23. The summed E-state index contributed by atoms with van der Waals surface area (Å²) in [6, 6.07) is 0. The first kappa shape index (κ1) is 10.7. The second-order valence-electron chi connectivity index (χ2n) is 4.59. The van der Waals surface area contributed by atoms with Gasteiger partial charge in [-0.05, 0) is 19.8 Å². The van der Waals surface area contributed by atoms with Gasteiger partial charge in [0.25, 0.3) is 0 Å². The van der Waals surface area contributed by atoms with Gasteiger partial charge in [-0.1, -0.05) is 32.1 Å². The van der Waals surface area contributed by atoms with Gasteiger partial charge in [-0.15, -0.1) is 0 Å². The van der Waals surface area contributed by atoms with Crippen LogP contribution >= 0.6 is 0 Å². The molecule has 0 atom stereocenters. The smallest absolute Gasteiger partial charge is 0.194 e. The Morgan fingerprint density at radius 2 is 1.47 bits per heavy atom. The first-order valence-corrected chi connectivity index (χ1v) is 6.31. The lowest BCUT2D eigenvalue weighted by Gasteiger charge is -2.02. The number of nitrogens with zero attached hydrogens (tertiary/aromatic N) is 1. The average Bonchev–Trinajstić information content (AvgIpc) is 2.55. The predicted molar refractivity (Wildman–Crippen MR) is 61.0 cm³/mol. The fourth-order valence-electron chi connectivity index (χ4n) is 2.27. The van der Waals surface area contributed by atoms with Gasteiger partial charge >= 0.3 is 0 Å². The highest BCUT2D eigenvalue weighted by atomic mass is 16.4. The summed E-state index contributed by atoms with van der Waals surface area (Å²) in [5.74, 6) is 2.09. The Morgan fingerprint density at radius 1 is 0.867 bits per heavy atom. The fourth-order valence-corrected chi connectivity index (χ4v) is 2.27. The van der Waals surface area contributed by atoms with Crippen molar-refractivity contribution in [3.63, 3.8) is 0 Å². The van der Waals surface area contributed by atoms with E-state index in [0.29, 0.717) is 0 Å². The minimum Gasteiger partial charge on any atom is -0.445 e. The molecule has 0 saturated carbocycles.